The van der Waals surface area contributed by atoms with Crippen molar-refractivity contribution < 1.29 is 9.47 Å². The monoisotopic (exact) mass is 314 g/mol. The van der Waals surface area contributed by atoms with Gasteiger partial charge in [-0.2, -0.15) is 0 Å². The van der Waals surface area contributed by atoms with E-state index >= 15 is 0 Å². The molecule has 0 amide bonds. The first kappa shape index (κ1) is 17.9. The van der Waals surface area contributed by atoms with Gasteiger partial charge in [0.15, 0.2) is 5.96 Å². The van der Waals surface area contributed by atoms with Gasteiger partial charge in [-0.25, -0.2) is 4.98 Å². The second kappa shape index (κ2) is 9.70. The van der Waals surface area contributed by atoms with Crippen LogP contribution in [-0.2, 0) is 16.0 Å². The number of guanidine groups is 1. The number of thiazole rings is 1. The summed E-state index contributed by atoms with van der Waals surface area (Å²) in [5.74, 6) is 0.865. The molecule has 0 aliphatic rings. The number of rotatable bonds is 8. The largest absolute Gasteiger partial charge is 0.383 e. The molecule has 1 N–H and O–H groups in total. The predicted molar refractivity (Wildman–Crippen MR) is 86.9 cm³/mol. The second-order valence-corrected chi connectivity index (χ2v) is 5.53. The number of nitrogens with zero attached hydrogens (tertiary/aromatic N) is 3. The fourth-order valence-electron chi connectivity index (χ4n) is 1.71. The first-order chi connectivity index (χ1) is 10.1. The van der Waals surface area contributed by atoms with Gasteiger partial charge in [0.2, 0.25) is 0 Å². The second-order valence-electron chi connectivity index (χ2n) is 4.64. The highest BCUT2D eigenvalue weighted by atomic mass is 32.1. The van der Waals surface area contributed by atoms with E-state index in [1.54, 1.807) is 25.6 Å². The standard InChI is InChI=1S/C14H26N4O2S/c1-6-15-14(16-7-8-19-4)18(3)9-12-10-21-13(17-12)11(2)20-5/h10-11H,6-9H2,1-5H3,(H,15,16). The molecule has 1 heterocycles. The normalized spacial score (nSPS) is 13.3. The van der Waals surface area contributed by atoms with E-state index in [1.807, 2.05) is 14.0 Å². The molecule has 0 aliphatic heterocycles. The van der Waals surface area contributed by atoms with E-state index in [9.17, 15) is 0 Å². The highest BCUT2D eigenvalue weighted by molar-refractivity contribution is 7.09. The molecule has 0 aromatic carbocycles. The molecule has 0 bridgehead atoms. The van der Waals surface area contributed by atoms with Gasteiger partial charge in [0.1, 0.15) is 11.1 Å². The van der Waals surface area contributed by atoms with Crippen molar-refractivity contribution >= 4 is 17.3 Å². The van der Waals surface area contributed by atoms with Gasteiger partial charge in [-0.05, 0) is 13.8 Å². The van der Waals surface area contributed by atoms with E-state index < -0.39 is 0 Å². The minimum absolute atomic E-state index is 0.0395. The Bertz CT molecular complexity index is 436. The zero-order valence-corrected chi connectivity index (χ0v) is 14.4. The average molecular weight is 314 g/mol. The average Bonchev–Trinajstić information content (AvgIpc) is 2.94. The molecule has 120 valence electrons. The Labute approximate surface area is 131 Å². The summed E-state index contributed by atoms with van der Waals surface area (Å²) < 4.78 is 10.3. The van der Waals surface area contributed by atoms with Crippen molar-refractivity contribution in [2.45, 2.75) is 26.5 Å². The van der Waals surface area contributed by atoms with Gasteiger partial charge in [-0.15, -0.1) is 11.3 Å². The maximum absolute atomic E-state index is 5.29. The van der Waals surface area contributed by atoms with Crippen LogP contribution in [0.1, 0.15) is 30.7 Å². The van der Waals surface area contributed by atoms with Gasteiger partial charge < -0.3 is 19.7 Å². The molecule has 6 nitrogen and oxygen atoms in total. The van der Waals surface area contributed by atoms with Crippen molar-refractivity contribution in [1.29, 1.82) is 0 Å². The number of ether oxygens (including phenoxy) is 2. The van der Waals surface area contributed by atoms with Gasteiger partial charge in [0.25, 0.3) is 0 Å². The maximum atomic E-state index is 5.29. The van der Waals surface area contributed by atoms with Gasteiger partial charge in [-0.1, -0.05) is 0 Å². The van der Waals surface area contributed by atoms with Gasteiger partial charge in [0, 0.05) is 33.2 Å². The molecule has 1 unspecified atom stereocenters. The molecule has 21 heavy (non-hydrogen) atoms. The molecule has 0 saturated carbocycles. The fourth-order valence-corrected chi connectivity index (χ4v) is 2.56. The van der Waals surface area contributed by atoms with Crippen LogP contribution in [0.4, 0.5) is 0 Å². The SMILES string of the molecule is CCNC(=NCCOC)N(C)Cc1csc(C(C)OC)n1. The first-order valence-electron chi connectivity index (χ1n) is 7.07. The van der Waals surface area contributed by atoms with E-state index in [4.69, 9.17) is 9.47 Å². The van der Waals surface area contributed by atoms with Crippen LogP contribution in [0.5, 0.6) is 0 Å². The van der Waals surface area contributed by atoms with Crippen LogP contribution in [-0.4, -0.2) is 56.8 Å². The Morgan fingerprint density at radius 2 is 2.29 bits per heavy atom. The molecule has 7 heteroatoms. The zero-order chi connectivity index (χ0) is 15.7. The fraction of sp³-hybridized carbons (Fsp3) is 0.714. The lowest BCUT2D eigenvalue weighted by Gasteiger charge is -2.21. The Kier molecular flexibility index (Phi) is 8.26. The van der Waals surface area contributed by atoms with Crippen molar-refractivity contribution in [1.82, 2.24) is 15.2 Å². The summed E-state index contributed by atoms with van der Waals surface area (Å²) in [5, 5.41) is 6.35. The Balaban J connectivity index is 2.65. The number of hydrogen-bond acceptors (Lipinski definition) is 5. The van der Waals surface area contributed by atoms with E-state index in [-0.39, 0.29) is 6.10 Å². The highest BCUT2D eigenvalue weighted by Crippen LogP contribution is 2.20. The van der Waals surface area contributed by atoms with Crippen molar-refractivity contribution in [3.05, 3.63) is 16.1 Å². The summed E-state index contributed by atoms with van der Waals surface area (Å²) in [6.45, 7) is 6.87. The number of hydrogen-bond donors (Lipinski definition) is 1. The molecule has 0 aliphatic carbocycles. The molecule has 0 radical (unpaired) electrons. The smallest absolute Gasteiger partial charge is 0.194 e. The summed E-state index contributed by atoms with van der Waals surface area (Å²) in [7, 11) is 5.39. The number of nitrogens with one attached hydrogen (secondary N) is 1. The molecule has 1 aromatic rings. The Hall–Kier alpha value is -1.18. The predicted octanol–water partition coefficient (Wildman–Crippen LogP) is 1.89. The summed E-state index contributed by atoms with van der Waals surface area (Å²) >= 11 is 1.63. The molecule has 1 rings (SSSR count). The van der Waals surface area contributed by atoms with Crippen molar-refractivity contribution in [2.75, 3.05) is 41.0 Å². The lowest BCUT2D eigenvalue weighted by Crippen LogP contribution is -2.38. The van der Waals surface area contributed by atoms with Crippen LogP contribution in [0.3, 0.4) is 0 Å². The molecule has 0 spiro atoms. The summed E-state index contributed by atoms with van der Waals surface area (Å²) in [5.41, 5.74) is 1.03. The molecule has 1 aromatic heterocycles. The molecule has 1 atom stereocenters. The van der Waals surface area contributed by atoms with Crippen molar-refractivity contribution in [3.8, 4) is 0 Å². The number of aromatic nitrogens is 1. The maximum Gasteiger partial charge on any atom is 0.194 e. The van der Waals surface area contributed by atoms with Crippen LogP contribution < -0.4 is 5.32 Å². The topological polar surface area (TPSA) is 59.0 Å². The van der Waals surface area contributed by atoms with Crippen molar-refractivity contribution in [2.24, 2.45) is 4.99 Å². The summed E-state index contributed by atoms with van der Waals surface area (Å²) in [4.78, 5) is 11.2. The van der Waals surface area contributed by atoms with E-state index in [0.29, 0.717) is 19.7 Å². The minimum Gasteiger partial charge on any atom is -0.383 e. The highest BCUT2D eigenvalue weighted by Gasteiger charge is 2.12. The molecule has 0 fully saturated rings. The van der Waals surface area contributed by atoms with Gasteiger partial charge in [0.05, 0.1) is 25.4 Å². The Morgan fingerprint density at radius 3 is 2.90 bits per heavy atom. The van der Waals surface area contributed by atoms with E-state index in [1.165, 1.54) is 0 Å². The zero-order valence-electron chi connectivity index (χ0n) is 13.5. The van der Waals surface area contributed by atoms with Crippen LogP contribution in [0.2, 0.25) is 0 Å². The molecular weight excluding hydrogens is 288 g/mol. The molecular formula is C14H26N4O2S. The molecule has 0 saturated heterocycles. The van der Waals surface area contributed by atoms with Crippen LogP contribution in [0, 0.1) is 0 Å². The number of aliphatic imine (C=N–C) groups is 1. The number of methoxy groups -OCH3 is 2. The third kappa shape index (κ3) is 5.99. The van der Waals surface area contributed by atoms with E-state index in [2.05, 4.69) is 32.5 Å². The third-order valence-electron chi connectivity index (χ3n) is 2.92. The Morgan fingerprint density at radius 1 is 1.52 bits per heavy atom. The van der Waals surface area contributed by atoms with Crippen LogP contribution >= 0.6 is 11.3 Å². The van der Waals surface area contributed by atoms with Crippen LogP contribution in [0.15, 0.2) is 10.4 Å². The van der Waals surface area contributed by atoms with Crippen molar-refractivity contribution in [3.63, 3.8) is 0 Å². The lowest BCUT2D eigenvalue weighted by molar-refractivity contribution is 0.119. The quantitative estimate of drug-likeness (QED) is 0.451. The van der Waals surface area contributed by atoms with Crippen LogP contribution in [0.25, 0.3) is 0 Å². The third-order valence-corrected chi connectivity index (χ3v) is 3.98. The minimum atomic E-state index is 0.0395. The summed E-state index contributed by atoms with van der Waals surface area (Å²) in [6.07, 6.45) is 0.0395. The van der Waals surface area contributed by atoms with Gasteiger partial charge >= 0.3 is 0 Å². The first-order valence-corrected chi connectivity index (χ1v) is 7.95. The van der Waals surface area contributed by atoms with E-state index in [0.717, 1.165) is 23.2 Å². The lowest BCUT2D eigenvalue weighted by atomic mass is 10.4. The van der Waals surface area contributed by atoms with Gasteiger partial charge in [-0.3, -0.25) is 4.99 Å². The summed E-state index contributed by atoms with van der Waals surface area (Å²) in [6, 6.07) is 0.